The molecular formula is C32H61N7O7S. The molecular weight excluding hydrogens is 626 g/mol. The molecule has 14 nitrogen and oxygen atoms in total. The summed E-state index contributed by atoms with van der Waals surface area (Å²) >= 11 is 4.87. The summed E-state index contributed by atoms with van der Waals surface area (Å²) in [4.78, 5) is 27.4. The van der Waals surface area contributed by atoms with E-state index in [-0.39, 0.29) is 23.3 Å². The minimum atomic E-state index is -0.479. The van der Waals surface area contributed by atoms with Gasteiger partial charge >= 0.3 is 0 Å². The van der Waals surface area contributed by atoms with Crippen molar-refractivity contribution >= 4 is 24.4 Å². The van der Waals surface area contributed by atoms with Crippen LogP contribution in [0.5, 0.6) is 0 Å². The number of amides is 2. The fourth-order valence-electron chi connectivity index (χ4n) is 4.92. The predicted molar refractivity (Wildman–Crippen MR) is 183 cm³/mol. The number of carbonyl (C=O) groups is 2. The Bertz CT molecular complexity index is 1030. The second kappa shape index (κ2) is 22.7. The summed E-state index contributed by atoms with van der Waals surface area (Å²) in [5, 5.41) is 11.8. The van der Waals surface area contributed by atoms with Crippen LogP contribution in [0.1, 0.15) is 64.3 Å². The highest BCUT2D eigenvalue weighted by Gasteiger charge is 2.29. The fourth-order valence-corrected chi connectivity index (χ4v) is 5.15. The molecule has 272 valence electrons. The Labute approximate surface area is 286 Å². The summed E-state index contributed by atoms with van der Waals surface area (Å²) in [5.41, 5.74) is 13.0. The van der Waals surface area contributed by atoms with E-state index in [0.717, 1.165) is 17.8 Å². The lowest BCUT2D eigenvalue weighted by Crippen LogP contribution is -2.42. The van der Waals surface area contributed by atoms with Crippen molar-refractivity contribution in [3.05, 3.63) is 11.4 Å². The minimum absolute atomic E-state index is 0.00928. The van der Waals surface area contributed by atoms with Crippen molar-refractivity contribution in [2.45, 2.75) is 83.1 Å². The topological polar surface area (TPSA) is 178 Å². The normalized spacial score (nSPS) is 16.7. The van der Waals surface area contributed by atoms with E-state index in [0.29, 0.717) is 131 Å². The van der Waals surface area contributed by atoms with Crippen molar-refractivity contribution in [3.8, 4) is 0 Å². The Morgan fingerprint density at radius 1 is 0.957 bits per heavy atom. The third-order valence-corrected chi connectivity index (χ3v) is 8.11. The van der Waals surface area contributed by atoms with Crippen LogP contribution in [0.15, 0.2) is 0 Å². The first kappa shape index (κ1) is 41.3. The van der Waals surface area contributed by atoms with E-state index in [9.17, 15) is 9.59 Å². The number of ether oxygens (including phenoxy) is 5. The molecule has 0 fully saturated rings. The highest BCUT2D eigenvalue weighted by atomic mass is 32.1. The molecule has 1 aromatic heterocycles. The zero-order chi connectivity index (χ0) is 34.5. The molecule has 0 saturated heterocycles. The van der Waals surface area contributed by atoms with Crippen LogP contribution >= 0.6 is 12.6 Å². The summed E-state index contributed by atoms with van der Waals surface area (Å²) < 4.78 is 29.4. The number of carbonyl (C=O) groups excluding carboxylic acids is 2. The first-order valence-electron chi connectivity index (χ1n) is 16.9. The van der Waals surface area contributed by atoms with Crippen molar-refractivity contribution in [3.63, 3.8) is 0 Å². The Balaban J connectivity index is 1.69. The number of nitrogens with one attached hydrogen (secondary N) is 1. The summed E-state index contributed by atoms with van der Waals surface area (Å²) in [6, 6.07) is 0. The first-order chi connectivity index (χ1) is 22.5. The maximum Gasteiger partial charge on any atom is 0.222 e. The van der Waals surface area contributed by atoms with Gasteiger partial charge in [0.25, 0.3) is 0 Å². The smallest absolute Gasteiger partial charge is 0.222 e. The molecule has 2 atom stereocenters. The van der Waals surface area contributed by atoms with E-state index in [2.05, 4.69) is 29.5 Å². The van der Waals surface area contributed by atoms with Crippen LogP contribution < -0.4 is 16.8 Å². The zero-order valence-electron chi connectivity index (χ0n) is 29.2. The largest absolute Gasteiger partial charge is 0.379 e. The summed E-state index contributed by atoms with van der Waals surface area (Å²) in [7, 11) is 1.65. The number of rotatable bonds is 25. The lowest BCUT2D eigenvalue weighted by molar-refractivity contribution is -0.133. The van der Waals surface area contributed by atoms with Gasteiger partial charge in [-0.25, -0.2) is 4.68 Å². The fraction of sp³-hybridized carbons (Fsp3) is 0.875. The van der Waals surface area contributed by atoms with Crippen LogP contribution in [0.4, 0.5) is 0 Å². The maximum absolute atomic E-state index is 13.2. The molecule has 0 aliphatic carbocycles. The number of nitrogens with two attached hydrogens (primary N) is 2. The lowest BCUT2D eigenvalue weighted by Gasteiger charge is -2.30. The monoisotopic (exact) mass is 687 g/mol. The quantitative estimate of drug-likeness (QED) is 0.0851. The second-order valence-electron chi connectivity index (χ2n) is 13.2. The van der Waals surface area contributed by atoms with Gasteiger partial charge in [0.2, 0.25) is 11.8 Å². The van der Waals surface area contributed by atoms with E-state index in [4.69, 9.17) is 47.8 Å². The minimum Gasteiger partial charge on any atom is -0.379 e. The third kappa shape index (κ3) is 17.4. The molecule has 0 bridgehead atoms. The molecule has 15 heteroatoms. The average Bonchev–Trinajstić information content (AvgIpc) is 3.37. The van der Waals surface area contributed by atoms with Gasteiger partial charge in [-0.15, -0.1) is 5.10 Å². The van der Waals surface area contributed by atoms with Gasteiger partial charge in [0.05, 0.1) is 68.4 Å². The molecule has 2 amide bonds. The van der Waals surface area contributed by atoms with Crippen LogP contribution in [0.25, 0.3) is 0 Å². The van der Waals surface area contributed by atoms with Crippen LogP contribution in [0, 0.1) is 5.41 Å². The molecule has 5 N–H and O–H groups in total. The third-order valence-electron chi connectivity index (χ3n) is 7.84. The number of nitrogens with zero attached hydrogens (tertiary/aromatic N) is 4. The van der Waals surface area contributed by atoms with Crippen molar-refractivity contribution in [2.24, 2.45) is 16.9 Å². The number of fused-ring (bicyclic) bond motifs is 1. The van der Waals surface area contributed by atoms with Crippen LogP contribution in [0.2, 0.25) is 0 Å². The Morgan fingerprint density at radius 2 is 1.64 bits per heavy atom. The standard InChI is InChI=1S/C32H61N7O7S/c1-31(2,22-34)24-46-25-32(3,47)23-39-28-10-13-38(21-26(42-4)20-27(28)36-37-39)30(41)9-5-8-29(40)35-12-7-15-44-17-19-45-18-16-43-14-6-11-33/h26,47H,5-25,33-34H2,1-4H3,(H,35,40). The van der Waals surface area contributed by atoms with Gasteiger partial charge in [0.15, 0.2) is 0 Å². The number of hydrogen-bond acceptors (Lipinski definition) is 12. The van der Waals surface area contributed by atoms with Crippen LogP contribution in [-0.2, 0) is 52.7 Å². The van der Waals surface area contributed by atoms with E-state index in [1.165, 1.54) is 0 Å². The molecule has 1 aliphatic rings. The number of thiol groups is 1. The summed E-state index contributed by atoms with van der Waals surface area (Å²) in [6.07, 6.45) is 3.60. The van der Waals surface area contributed by atoms with Gasteiger partial charge in [0, 0.05) is 71.1 Å². The Hall–Kier alpha value is -1.85. The number of methoxy groups -OCH3 is 1. The van der Waals surface area contributed by atoms with Crippen molar-refractivity contribution in [1.82, 2.24) is 25.2 Å². The number of aromatic nitrogens is 3. The van der Waals surface area contributed by atoms with Gasteiger partial charge in [-0.05, 0) is 39.3 Å². The van der Waals surface area contributed by atoms with Gasteiger partial charge in [0.1, 0.15) is 0 Å². The highest BCUT2D eigenvalue weighted by Crippen LogP contribution is 2.23. The molecule has 1 aliphatic heterocycles. The van der Waals surface area contributed by atoms with Gasteiger partial charge in [-0.2, -0.15) is 12.6 Å². The van der Waals surface area contributed by atoms with Gasteiger partial charge in [-0.3, -0.25) is 9.59 Å². The van der Waals surface area contributed by atoms with E-state index < -0.39 is 4.75 Å². The lowest BCUT2D eigenvalue weighted by atomic mass is 9.95. The first-order valence-corrected chi connectivity index (χ1v) is 17.4. The highest BCUT2D eigenvalue weighted by molar-refractivity contribution is 7.81. The zero-order valence-corrected chi connectivity index (χ0v) is 30.1. The molecule has 2 unspecified atom stereocenters. The molecule has 0 radical (unpaired) electrons. The summed E-state index contributed by atoms with van der Waals surface area (Å²) in [5.74, 6) is -0.0572. The van der Waals surface area contributed by atoms with Gasteiger partial charge < -0.3 is 45.4 Å². The van der Waals surface area contributed by atoms with Crippen molar-refractivity contribution in [2.75, 3.05) is 92.7 Å². The van der Waals surface area contributed by atoms with E-state index >= 15 is 0 Å². The Kier molecular flexibility index (Phi) is 20.0. The van der Waals surface area contributed by atoms with Crippen molar-refractivity contribution < 1.29 is 33.3 Å². The SMILES string of the molecule is COC1Cc2nnn(CC(C)(S)COCC(C)(C)CN)c2CCN(C(=O)CCCC(=O)NCCCOCCOCCOCCCN)C1. The van der Waals surface area contributed by atoms with Gasteiger partial charge in [-0.1, -0.05) is 19.1 Å². The van der Waals surface area contributed by atoms with E-state index in [1.807, 2.05) is 16.5 Å². The molecule has 0 aromatic carbocycles. The molecule has 0 saturated carbocycles. The predicted octanol–water partition coefficient (Wildman–Crippen LogP) is 0.986. The molecule has 2 heterocycles. The second-order valence-corrected chi connectivity index (χ2v) is 14.3. The van der Waals surface area contributed by atoms with Crippen LogP contribution in [0.3, 0.4) is 0 Å². The molecule has 1 aromatic rings. The van der Waals surface area contributed by atoms with Crippen molar-refractivity contribution in [1.29, 1.82) is 0 Å². The van der Waals surface area contributed by atoms with Crippen LogP contribution in [-0.4, -0.2) is 135 Å². The average molecular weight is 688 g/mol. The summed E-state index contributed by atoms with van der Waals surface area (Å²) in [6.45, 7) is 13.6. The number of hydrogen-bond donors (Lipinski definition) is 4. The Morgan fingerprint density at radius 3 is 2.30 bits per heavy atom. The molecule has 47 heavy (non-hydrogen) atoms. The maximum atomic E-state index is 13.2. The molecule has 2 rings (SSSR count). The van der Waals surface area contributed by atoms with E-state index in [1.54, 1.807) is 7.11 Å². The molecule has 0 spiro atoms.